The SMILES string of the molecule is O=[C]=[Ru]=[C]=O.[C-]1=CC=CC1. The zero-order valence-electron chi connectivity index (χ0n) is 5.11. The molecule has 1 aliphatic rings. The van der Waals surface area contributed by atoms with Crippen LogP contribution in [0.2, 0.25) is 0 Å². The van der Waals surface area contributed by atoms with E-state index in [-0.39, 0.29) is 0 Å². The summed E-state index contributed by atoms with van der Waals surface area (Å²) in [7, 11) is 0. The minimum absolute atomic E-state index is 0.842. The average Bonchev–Trinajstić information content (AvgIpc) is 2.44. The van der Waals surface area contributed by atoms with E-state index in [0.717, 1.165) is 6.42 Å². The molecule has 0 aromatic carbocycles. The molecular formula is C7H5O2Ru-. The Morgan fingerprint density at radius 3 is 2.20 bits per heavy atom. The molecule has 0 atom stereocenters. The minimum Gasteiger partial charge on any atom is -0.273 e. The molecule has 0 bridgehead atoms. The topological polar surface area (TPSA) is 34.1 Å². The van der Waals surface area contributed by atoms with Crippen molar-refractivity contribution < 1.29 is 25.8 Å². The van der Waals surface area contributed by atoms with Gasteiger partial charge >= 0.3 is 34.8 Å². The molecule has 0 amide bonds. The van der Waals surface area contributed by atoms with Gasteiger partial charge in [-0.25, -0.2) is 12.2 Å². The van der Waals surface area contributed by atoms with Crippen LogP contribution in [0.1, 0.15) is 6.42 Å². The molecule has 1 rings (SSSR count). The smallest absolute Gasteiger partial charge is 0.109 e. The zero-order chi connectivity index (χ0) is 7.66. The van der Waals surface area contributed by atoms with Crippen LogP contribution in [0.5, 0.6) is 0 Å². The van der Waals surface area contributed by atoms with Crippen molar-refractivity contribution in [1.29, 1.82) is 0 Å². The van der Waals surface area contributed by atoms with Crippen molar-refractivity contribution in [1.82, 2.24) is 0 Å². The van der Waals surface area contributed by atoms with E-state index in [1.165, 1.54) is 8.95 Å². The third kappa shape index (κ3) is 7.26. The first kappa shape index (κ1) is 9.26. The Morgan fingerprint density at radius 2 is 2.10 bits per heavy atom. The molecular weight excluding hydrogens is 217 g/mol. The molecule has 0 aromatic rings. The van der Waals surface area contributed by atoms with Crippen molar-refractivity contribution in [2.24, 2.45) is 0 Å². The molecule has 54 valence electrons. The molecule has 0 fully saturated rings. The van der Waals surface area contributed by atoms with Gasteiger partial charge in [0.2, 0.25) is 0 Å². The van der Waals surface area contributed by atoms with E-state index in [9.17, 15) is 0 Å². The third-order valence-corrected chi connectivity index (χ3v) is 1.01. The van der Waals surface area contributed by atoms with Crippen LogP contribution in [0.3, 0.4) is 0 Å². The summed E-state index contributed by atoms with van der Waals surface area (Å²) in [5.74, 6) is 0. The van der Waals surface area contributed by atoms with Crippen LogP contribution in [-0.4, -0.2) is 8.95 Å². The van der Waals surface area contributed by atoms with E-state index >= 15 is 0 Å². The predicted octanol–water partition coefficient (Wildman–Crippen LogP) is 0.509. The van der Waals surface area contributed by atoms with Crippen LogP contribution in [-0.2, 0) is 25.8 Å². The molecule has 10 heavy (non-hydrogen) atoms. The zero-order valence-corrected chi connectivity index (χ0v) is 6.85. The molecule has 1 aliphatic carbocycles. The van der Waals surface area contributed by atoms with Gasteiger partial charge in [-0.15, -0.1) is 6.42 Å². The molecule has 3 heteroatoms. The Kier molecular flexibility index (Phi) is 7.65. The van der Waals surface area contributed by atoms with Gasteiger partial charge in [0.1, 0.15) is 0 Å². The number of carbonyl (C=O) groups excluding carboxylic acids is 2. The largest absolute Gasteiger partial charge is 0.273 e. The molecule has 0 saturated carbocycles. The summed E-state index contributed by atoms with van der Waals surface area (Å²) in [6.45, 7) is 0. The van der Waals surface area contributed by atoms with E-state index in [4.69, 9.17) is 9.59 Å². The number of hydrogen-bond donors (Lipinski definition) is 0. The van der Waals surface area contributed by atoms with Crippen LogP contribution in [0.15, 0.2) is 18.2 Å². The van der Waals surface area contributed by atoms with Gasteiger partial charge in [0.05, 0.1) is 0 Å². The molecule has 2 nitrogen and oxygen atoms in total. The van der Waals surface area contributed by atoms with Crippen LogP contribution < -0.4 is 0 Å². The van der Waals surface area contributed by atoms with Gasteiger partial charge in [-0.1, -0.05) is 0 Å². The Hall–Kier alpha value is -0.737. The maximum Gasteiger partial charge on any atom is -0.109 e. The minimum atomic E-state index is -0.842. The second-order valence-corrected chi connectivity index (χ2v) is 2.38. The van der Waals surface area contributed by atoms with Crippen molar-refractivity contribution in [2.75, 3.05) is 0 Å². The predicted molar refractivity (Wildman–Crippen MR) is 33.0 cm³/mol. The average molecular weight is 222 g/mol. The van der Waals surface area contributed by atoms with Crippen molar-refractivity contribution in [2.45, 2.75) is 6.42 Å². The molecule has 0 aliphatic heterocycles. The van der Waals surface area contributed by atoms with E-state index in [1.807, 2.05) is 12.2 Å². The van der Waals surface area contributed by atoms with Crippen LogP contribution in [0.25, 0.3) is 0 Å². The number of allylic oxidation sites excluding steroid dienone is 4. The van der Waals surface area contributed by atoms with Crippen molar-refractivity contribution in [3.8, 4) is 0 Å². The quantitative estimate of drug-likeness (QED) is 0.442. The third-order valence-electron chi connectivity index (χ3n) is 0.658. The summed E-state index contributed by atoms with van der Waals surface area (Å²) >= 11 is -0.842. The summed E-state index contributed by atoms with van der Waals surface area (Å²) in [4.78, 5) is 18.1. The molecule has 0 aromatic heterocycles. The Labute approximate surface area is 65.9 Å². The van der Waals surface area contributed by atoms with Gasteiger partial charge < -0.3 is 0 Å². The first-order valence-corrected chi connectivity index (χ1v) is 4.22. The Bertz CT molecular complexity index is 214. The first-order chi connectivity index (χ1) is 4.91. The van der Waals surface area contributed by atoms with Gasteiger partial charge in [-0.05, 0) is 0 Å². The van der Waals surface area contributed by atoms with Crippen LogP contribution in [0, 0.1) is 6.08 Å². The Balaban J connectivity index is 0.000000162. The van der Waals surface area contributed by atoms with Crippen molar-refractivity contribution in [3.63, 3.8) is 0 Å². The molecule has 0 saturated heterocycles. The van der Waals surface area contributed by atoms with E-state index in [0.29, 0.717) is 0 Å². The van der Waals surface area contributed by atoms with Gasteiger partial charge in [0, 0.05) is 0 Å². The second-order valence-electron chi connectivity index (χ2n) is 1.24. The second kappa shape index (κ2) is 8.26. The molecule has 0 unspecified atom stereocenters. The number of rotatable bonds is 0. The Morgan fingerprint density at radius 1 is 1.40 bits per heavy atom. The summed E-state index contributed by atoms with van der Waals surface area (Å²) in [6, 6.07) is 0. The summed E-state index contributed by atoms with van der Waals surface area (Å²) in [5.41, 5.74) is 0. The van der Waals surface area contributed by atoms with Gasteiger partial charge in [-0.3, -0.25) is 6.08 Å². The number of hydrogen-bond acceptors (Lipinski definition) is 2. The monoisotopic (exact) mass is 223 g/mol. The first-order valence-electron chi connectivity index (χ1n) is 2.48. The summed E-state index contributed by atoms with van der Waals surface area (Å²) in [6.07, 6.45) is 10.0. The fourth-order valence-corrected chi connectivity index (χ4v) is 0.427. The fourth-order valence-electron chi connectivity index (χ4n) is 0.355. The molecule has 0 N–H and O–H groups in total. The molecule has 0 spiro atoms. The molecule has 0 radical (unpaired) electrons. The summed E-state index contributed by atoms with van der Waals surface area (Å²) in [5, 5.41) is 0. The van der Waals surface area contributed by atoms with Crippen LogP contribution >= 0.6 is 0 Å². The van der Waals surface area contributed by atoms with Gasteiger partial charge in [-0.2, -0.15) is 6.08 Å². The van der Waals surface area contributed by atoms with Crippen molar-refractivity contribution in [3.05, 3.63) is 24.3 Å². The van der Waals surface area contributed by atoms with E-state index in [2.05, 4.69) is 12.2 Å². The van der Waals surface area contributed by atoms with E-state index in [1.54, 1.807) is 0 Å². The van der Waals surface area contributed by atoms with Crippen molar-refractivity contribution >= 4 is 8.95 Å². The van der Waals surface area contributed by atoms with E-state index < -0.39 is 16.2 Å². The molecule has 0 heterocycles. The maximum atomic E-state index is 9.06. The maximum absolute atomic E-state index is 9.06. The fraction of sp³-hybridized carbons (Fsp3) is 0.143. The standard InChI is InChI=1S/C5H5.2CO.Ru/c1-2-4-5-3-1;2*1-2;/h1-3H,4H2;;;/q-1;;;. The normalized spacial score (nSPS) is 11.2. The summed E-state index contributed by atoms with van der Waals surface area (Å²) < 4.78 is 2.87. The van der Waals surface area contributed by atoms with Crippen LogP contribution in [0.4, 0.5) is 0 Å². The van der Waals surface area contributed by atoms with Gasteiger partial charge in [0.25, 0.3) is 0 Å². The van der Waals surface area contributed by atoms with Gasteiger partial charge in [0.15, 0.2) is 0 Å².